The first-order valence-corrected chi connectivity index (χ1v) is 9.38. The van der Waals surface area contributed by atoms with Crippen LogP contribution in [0.4, 0.5) is 4.79 Å². The molecule has 0 aromatic heterocycles. The van der Waals surface area contributed by atoms with Crippen molar-refractivity contribution in [2.45, 2.75) is 45.6 Å². The van der Waals surface area contributed by atoms with Crippen molar-refractivity contribution in [2.24, 2.45) is 5.92 Å². The molecule has 0 heterocycles. The van der Waals surface area contributed by atoms with Crippen LogP contribution in [-0.2, 0) is 14.3 Å². The van der Waals surface area contributed by atoms with Crippen molar-refractivity contribution in [3.63, 3.8) is 0 Å². The summed E-state index contributed by atoms with van der Waals surface area (Å²) < 4.78 is 10.2. The number of urea groups is 1. The minimum atomic E-state index is -0.708. The zero-order chi connectivity index (χ0) is 19.8. The molecule has 2 N–H and O–H groups in total. The minimum Gasteiger partial charge on any atom is -0.482 e. The van der Waals surface area contributed by atoms with Gasteiger partial charge in [-0.25, -0.2) is 9.59 Å². The molecular weight excluding hydrogens is 372 g/mol. The van der Waals surface area contributed by atoms with Crippen molar-refractivity contribution < 1.29 is 23.9 Å². The van der Waals surface area contributed by atoms with Gasteiger partial charge in [0.05, 0.1) is 0 Å². The Morgan fingerprint density at radius 2 is 1.93 bits per heavy atom. The van der Waals surface area contributed by atoms with Gasteiger partial charge in [-0.2, -0.15) is 0 Å². The Bertz CT molecular complexity index is 695. The van der Waals surface area contributed by atoms with E-state index >= 15 is 0 Å². The van der Waals surface area contributed by atoms with Gasteiger partial charge in [0.1, 0.15) is 5.75 Å². The number of benzene rings is 1. The van der Waals surface area contributed by atoms with E-state index in [2.05, 4.69) is 17.6 Å². The Balaban J connectivity index is 1.66. The third kappa shape index (κ3) is 7.09. The highest BCUT2D eigenvalue weighted by Gasteiger charge is 2.23. The van der Waals surface area contributed by atoms with Crippen molar-refractivity contribution in [1.29, 1.82) is 0 Å². The maximum atomic E-state index is 11.9. The van der Waals surface area contributed by atoms with Gasteiger partial charge in [-0.3, -0.25) is 10.1 Å². The standard InChI is InChI=1S/C19H25ClN2O5/c1-12-5-3-4-6-15(12)21-19(25)22-17(23)10-27-18(24)11-26-16-8-7-14(20)9-13(16)2/h7-9,12,15H,3-6,10-11H2,1-2H3,(H2,21,22,23,25)/t12-,15+/m0/s1. The minimum absolute atomic E-state index is 0.0603. The molecule has 27 heavy (non-hydrogen) atoms. The number of hydrogen-bond donors (Lipinski definition) is 2. The fourth-order valence-corrected chi connectivity index (χ4v) is 3.22. The lowest BCUT2D eigenvalue weighted by molar-refractivity contribution is -0.150. The number of carbonyl (C=O) groups excluding carboxylic acids is 3. The zero-order valence-electron chi connectivity index (χ0n) is 15.5. The Labute approximate surface area is 163 Å². The highest BCUT2D eigenvalue weighted by Crippen LogP contribution is 2.23. The number of halogens is 1. The highest BCUT2D eigenvalue weighted by atomic mass is 35.5. The summed E-state index contributed by atoms with van der Waals surface area (Å²) in [5.74, 6) is -0.513. The molecule has 1 aromatic rings. The SMILES string of the molecule is Cc1cc(Cl)ccc1OCC(=O)OCC(=O)NC(=O)N[C@@H]1CCCC[C@@H]1C. The van der Waals surface area contributed by atoms with E-state index in [9.17, 15) is 14.4 Å². The second-order valence-corrected chi connectivity index (χ2v) is 7.19. The summed E-state index contributed by atoms with van der Waals surface area (Å²) in [6.07, 6.45) is 4.18. The van der Waals surface area contributed by atoms with Crippen molar-refractivity contribution in [3.8, 4) is 5.75 Å². The quantitative estimate of drug-likeness (QED) is 0.721. The van der Waals surface area contributed by atoms with Crippen molar-refractivity contribution >= 4 is 29.5 Å². The maximum Gasteiger partial charge on any atom is 0.344 e. The van der Waals surface area contributed by atoms with Gasteiger partial charge in [-0.15, -0.1) is 0 Å². The van der Waals surface area contributed by atoms with Crippen LogP contribution >= 0.6 is 11.6 Å². The molecule has 0 spiro atoms. The fourth-order valence-electron chi connectivity index (χ4n) is 3.00. The Hall–Kier alpha value is -2.28. The van der Waals surface area contributed by atoms with Crippen LogP contribution in [-0.4, -0.2) is 37.2 Å². The first-order chi connectivity index (χ1) is 12.8. The zero-order valence-corrected chi connectivity index (χ0v) is 16.3. The average Bonchev–Trinajstić information content (AvgIpc) is 2.61. The van der Waals surface area contributed by atoms with E-state index in [1.54, 1.807) is 25.1 Å². The first kappa shape index (κ1) is 21.0. The predicted octanol–water partition coefficient (Wildman–Crippen LogP) is 2.97. The number of carbonyl (C=O) groups is 3. The topological polar surface area (TPSA) is 93.7 Å². The summed E-state index contributed by atoms with van der Waals surface area (Å²) in [4.78, 5) is 35.3. The molecule has 2 atom stereocenters. The van der Waals surface area contributed by atoms with Gasteiger partial charge in [0.2, 0.25) is 0 Å². The largest absolute Gasteiger partial charge is 0.482 e. The Morgan fingerprint density at radius 3 is 2.63 bits per heavy atom. The molecular formula is C19H25ClN2O5. The van der Waals surface area contributed by atoms with Crippen LogP contribution in [0.5, 0.6) is 5.75 Å². The molecule has 1 aromatic carbocycles. The highest BCUT2D eigenvalue weighted by molar-refractivity contribution is 6.30. The van der Waals surface area contributed by atoms with E-state index in [0.717, 1.165) is 31.2 Å². The van der Waals surface area contributed by atoms with Gasteiger partial charge in [-0.05, 0) is 49.4 Å². The molecule has 1 aliphatic carbocycles. The van der Waals surface area contributed by atoms with E-state index in [1.165, 1.54) is 0 Å². The molecule has 148 valence electrons. The second kappa shape index (κ2) is 10.2. The van der Waals surface area contributed by atoms with Crippen LogP contribution < -0.4 is 15.4 Å². The van der Waals surface area contributed by atoms with Crippen molar-refractivity contribution in [3.05, 3.63) is 28.8 Å². The molecule has 0 unspecified atom stereocenters. The molecule has 0 saturated heterocycles. The first-order valence-electron chi connectivity index (χ1n) is 9.00. The molecule has 2 rings (SSSR count). The van der Waals surface area contributed by atoms with Gasteiger partial charge >= 0.3 is 12.0 Å². The number of rotatable bonds is 6. The van der Waals surface area contributed by atoms with E-state index in [0.29, 0.717) is 16.7 Å². The van der Waals surface area contributed by atoms with Gasteiger partial charge in [0.25, 0.3) is 5.91 Å². The fraction of sp³-hybridized carbons (Fsp3) is 0.526. The molecule has 0 radical (unpaired) electrons. The maximum absolute atomic E-state index is 11.9. The van der Waals surface area contributed by atoms with Gasteiger partial charge in [0, 0.05) is 11.1 Å². The molecule has 1 fully saturated rings. The van der Waals surface area contributed by atoms with E-state index in [4.69, 9.17) is 21.1 Å². The summed E-state index contributed by atoms with van der Waals surface area (Å²) in [6, 6.07) is 4.50. The number of hydrogen-bond acceptors (Lipinski definition) is 5. The van der Waals surface area contributed by atoms with Gasteiger partial charge in [-0.1, -0.05) is 31.4 Å². The predicted molar refractivity (Wildman–Crippen MR) is 101 cm³/mol. The molecule has 7 nitrogen and oxygen atoms in total. The summed E-state index contributed by atoms with van der Waals surface area (Å²) in [7, 11) is 0. The lowest BCUT2D eigenvalue weighted by atomic mass is 9.86. The van der Waals surface area contributed by atoms with Gasteiger partial charge < -0.3 is 14.8 Å². The summed E-state index contributed by atoms with van der Waals surface area (Å²) in [6.45, 7) is 2.98. The number of imide groups is 1. The van der Waals surface area contributed by atoms with Crippen LogP contribution in [0.3, 0.4) is 0 Å². The molecule has 1 saturated carbocycles. The lowest BCUT2D eigenvalue weighted by Crippen LogP contribution is -2.48. The van der Waals surface area contributed by atoms with E-state index in [-0.39, 0.29) is 12.6 Å². The van der Waals surface area contributed by atoms with Crippen LogP contribution in [0.1, 0.15) is 38.2 Å². The number of aryl methyl sites for hydroxylation is 1. The van der Waals surface area contributed by atoms with Gasteiger partial charge in [0.15, 0.2) is 13.2 Å². The summed E-state index contributed by atoms with van der Waals surface area (Å²) >= 11 is 5.85. The summed E-state index contributed by atoms with van der Waals surface area (Å²) in [5, 5.41) is 5.54. The Morgan fingerprint density at radius 1 is 1.19 bits per heavy atom. The van der Waals surface area contributed by atoms with Crippen LogP contribution in [0.2, 0.25) is 5.02 Å². The molecule has 0 bridgehead atoms. The Kier molecular flexibility index (Phi) is 7.91. The summed E-state index contributed by atoms with van der Waals surface area (Å²) in [5.41, 5.74) is 0.779. The normalized spacial score (nSPS) is 19.1. The second-order valence-electron chi connectivity index (χ2n) is 6.75. The molecule has 1 aliphatic rings. The average molecular weight is 397 g/mol. The molecule has 0 aliphatic heterocycles. The number of esters is 1. The number of amides is 3. The van der Waals surface area contributed by atoms with Crippen molar-refractivity contribution in [2.75, 3.05) is 13.2 Å². The van der Waals surface area contributed by atoms with Crippen LogP contribution in [0, 0.1) is 12.8 Å². The number of nitrogens with one attached hydrogen (secondary N) is 2. The van der Waals surface area contributed by atoms with Crippen LogP contribution in [0.25, 0.3) is 0 Å². The van der Waals surface area contributed by atoms with E-state index < -0.39 is 24.5 Å². The number of ether oxygens (including phenoxy) is 2. The van der Waals surface area contributed by atoms with Crippen molar-refractivity contribution in [1.82, 2.24) is 10.6 Å². The smallest absolute Gasteiger partial charge is 0.344 e. The third-order valence-corrected chi connectivity index (χ3v) is 4.76. The van der Waals surface area contributed by atoms with E-state index in [1.807, 2.05) is 0 Å². The monoisotopic (exact) mass is 396 g/mol. The lowest BCUT2D eigenvalue weighted by Gasteiger charge is -2.29. The molecule has 3 amide bonds. The van der Waals surface area contributed by atoms with Crippen LogP contribution in [0.15, 0.2) is 18.2 Å². The third-order valence-electron chi connectivity index (χ3n) is 4.53. The molecule has 8 heteroatoms.